The van der Waals surface area contributed by atoms with Gasteiger partial charge in [-0.2, -0.15) is 5.10 Å². The van der Waals surface area contributed by atoms with Gasteiger partial charge in [0.05, 0.1) is 35.7 Å². The van der Waals surface area contributed by atoms with E-state index in [-0.39, 0.29) is 26.9 Å². The lowest BCUT2D eigenvalue weighted by Gasteiger charge is -2.22. The van der Waals surface area contributed by atoms with Gasteiger partial charge in [0.1, 0.15) is 28.2 Å². The van der Waals surface area contributed by atoms with Gasteiger partial charge in [-0.25, -0.2) is 27.7 Å². The van der Waals surface area contributed by atoms with Crippen molar-refractivity contribution in [3.05, 3.63) is 52.9 Å². The number of rotatable bonds is 3. The Morgan fingerprint density at radius 3 is 2.76 bits per heavy atom. The van der Waals surface area contributed by atoms with Crippen molar-refractivity contribution in [2.24, 2.45) is 0 Å². The zero-order valence-corrected chi connectivity index (χ0v) is 18.1. The van der Waals surface area contributed by atoms with E-state index in [2.05, 4.69) is 20.1 Å². The summed E-state index contributed by atoms with van der Waals surface area (Å²) in [5.74, 6) is -2.97. The summed E-state index contributed by atoms with van der Waals surface area (Å²) in [6.07, 6.45) is 3.59. The zero-order chi connectivity index (χ0) is 22.2. The van der Waals surface area contributed by atoms with Gasteiger partial charge in [0.25, 0.3) is 5.92 Å². The molecule has 0 saturated carbocycles. The predicted molar refractivity (Wildman–Crippen MR) is 122 cm³/mol. The van der Waals surface area contributed by atoms with Gasteiger partial charge in [0, 0.05) is 18.4 Å². The first-order valence-electron chi connectivity index (χ1n) is 10.1. The number of benzene rings is 1. The van der Waals surface area contributed by atoms with Crippen LogP contribution in [0.25, 0.3) is 26.9 Å². The summed E-state index contributed by atoms with van der Waals surface area (Å²) in [5.41, 5.74) is 2.14. The van der Waals surface area contributed by atoms with E-state index < -0.39 is 17.8 Å². The van der Waals surface area contributed by atoms with Gasteiger partial charge in [-0.15, -0.1) is 0 Å². The maximum atomic E-state index is 15.1. The van der Waals surface area contributed by atoms with Gasteiger partial charge in [0.2, 0.25) is 4.96 Å². The van der Waals surface area contributed by atoms with Crippen molar-refractivity contribution in [3.8, 4) is 0 Å². The SMILES string of the molecule is C.Cc1nn2cc(Cc3nc4cnc5ccc(F)cc5c4n3C3CN(C)CC3(F)F)nc2s1. The molecule has 0 N–H and O–H groups in total. The monoisotopic (exact) mass is 473 g/mol. The van der Waals surface area contributed by atoms with Crippen LogP contribution in [0.3, 0.4) is 0 Å². The normalized spacial score (nSPS) is 18.5. The average Bonchev–Trinajstić information content (AvgIpc) is 3.41. The van der Waals surface area contributed by atoms with Crippen LogP contribution < -0.4 is 0 Å². The maximum Gasteiger partial charge on any atom is 0.282 e. The molecule has 4 aromatic heterocycles. The number of alkyl halides is 2. The van der Waals surface area contributed by atoms with Crippen LogP contribution in [0.1, 0.15) is 30.0 Å². The maximum absolute atomic E-state index is 15.1. The van der Waals surface area contributed by atoms with Crippen molar-refractivity contribution in [2.45, 2.75) is 32.7 Å². The van der Waals surface area contributed by atoms with E-state index in [0.29, 0.717) is 33.5 Å². The smallest absolute Gasteiger partial charge is 0.282 e. The molecular weight excluding hydrogens is 451 g/mol. The molecule has 5 heterocycles. The first kappa shape index (κ1) is 21.8. The molecule has 11 heteroatoms. The van der Waals surface area contributed by atoms with Crippen molar-refractivity contribution in [1.82, 2.24) is 34.0 Å². The molecule has 1 aliphatic rings. The lowest BCUT2D eigenvalue weighted by Crippen LogP contribution is -2.30. The van der Waals surface area contributed by atoms with E-state index in [4.69, 9.17) is 0 Å². The van der Waals surface area contributed by atoms with Crippen LogP contribution in [-0.2, 0) is 6.42 Å². The zero-order valence-electron chi connectivity index (χ0n) is 17.3. The van der Waals surface area contributed by atoms with E-state index in [1.54, 1.807) is 39.5 Å². The first-order valence-corrected chi connectivity index (χ1v) is 10.9. The Morgan fingerprint density at radius 1 is 1.21 bits per heavy atom. The van der Waals surface area contributed by atoms with Crippen LogP contribution in [0, 0.1) is 12.7 Å². The van der Waals surface area contributed by atoms with Gasteiger partial charge in [-0.05, 0) is 32.2 Å². The molecule has 1 aliphatic heterocycles. The highest BCUT2D eigenvalue weighted by molar-refractivity contribution is 7.16. The summed E-state index contributed by atoms with van der Waals surface area (Å²) >= 11 is 1.46. The number of aromatic nitrogens is 6. The Hall–Kier alpha value is -3.05. The molecule has 1 unspecified atom stereocenters. The lowest BCUT2D eigenvalue weighted by molar-refractivity contribution is -0.0200. The Kier molecular flexibility index (Phi) is 4.94. The Labute approximate surface area is 191 Å². The third-order valence-electron chi connectivity index (χ3n) is 5.85. The first-order chi connectivity index (χ1) is 15.3. The largest absolute Gasteiger partial charge is 0.316 e. The van der Waals surface area contributed by atoms with E-state index in [0.717, 1.165) is 9.97 Å². The fraction of sp³-hybridized carbons (Fsp3) is 0.364. The fourth-order valence-corrected chi connectivity index (χ4v) is 5.32. The van der Waals surface area contributed by atoms with E-state index in [1.165, 1.54) is 23.5 Å². The third-order valence-corrected chi connectivity index (χ3v) is 6.69. The minimum atomic E-state index is -2.97. The van der Waals surface area contributed by atoms with Crippen molar-refractivity contribution in [2.75, 3.05) is 20.1 Å². The van der Waals surface area contributed by atoms with Crippen molar-refractivity contribution >= 4 is 38.2 Å². The molecule has 6 rings (SSSR count). The number of likely N-dealkylation sites (N-methyl/N-ethyl adjacent to an activating group) is 1. The summed E-state index contributed by atoms with van der Waals surface area (Å²) in [5, 5.41) is 5.72. The van der Waals surface area contributed by atoms with Crippen LogP contribution in [0.5, 0.6) is 0 Å². The van der Waals surface area contributed by atoms with Crippen LogP contribution >= 0.6 is 11.3 Å². The summed E-state index contributed by atoms with van der Waals surface area (Å²) in [4.78, 5) is 15.9. The minimum absolute atomic E-state index is 0. The summed E-state index contributed by atoms with van der Waals surface area (Å²) in [7, 11) is 1.67. The number of nitrogens with zero attached hydrogens (tertiary/aromatic N) is 7. The molecule has 1 aromatic carbocycles. The Balaban J connectivity index is 0.00000228. The lowest BCUT2D eigenvalue weighted by atomic mass is 10.1. The quantitative estimate of drug-likeness (QED) is 0.387. The number of imidazole rings is 2. The minimum Gasteiger partial charge on any atom is -0.316 e. The molecular formula is C22H22F3N7S. The molecule has 1 fully saturated rings. The number of hydrogen-bond donors (Lipinski definition) is 0. The molecule has 5 aromatic rings. The van der Waals surface area contributed by atoms with Gasteiger partial charge >= 0.3 is 0 Å². The molecule has 33 heavy (non-hydrogen) atoms. The van der Waals surface area contributed by atoms with Crippen molar-refractivity contribution < 1.29 is 13.2 Å². The highest BCUT2D eigenvalue weighted by Gasteiger charge is 2.49. The van der Waals surface area contributed by atoms with Gasteiger partial charge < -0.3 is 4.57 Å². The van der Waals surface area contributed by atoms with Crippen LogP contribution in [-0.4, -0.2) is 60.1 Å². The molecule has 0 radical (unpaired) electrons. The summed E-state index contributed by atoms with van der Waals surface area (Å²) in [6, 6.07) is 3.07. The standard InChI is InChI=1S/C21H18F3N7S.CH4/c1-11-28-30-8-13(26-20(30)32-11)6-18-27-16-7-25-15-4-3-12(22)5-14(15)19(16)31(18)17-9-29(2)10-21(17,23)24;/h3-5,7-8,17H,6,9-10H2,1-2H3;1H4. The van der Waals surface area contributed by atoms with E-state index >= 15 is 8.78 Å². The highest BCUT2D eigenvalue weighted by Crippen LogP contribution is 2.40. The Bertz CT molecular complexity index is 1470. The molecule has 172 valence electrons. The van der Waals surface area contributed by atoms with Gasteiger partial charge in [-0.1, -0.05) is 18.8 Å². The average molecular weight is 474 g/mol. The number of fused-ring (bicyclic) bond motifs is 4. The predicted octanol–water partition coefficient (Wildman–Crippen LogP) is 4.48. The van der Waals surface area contributed by atoms with Gasteiger partial charge in [-0.3, -0.25) is 9.88 Å². The second kappa shape index (κ2) is 7.49. The number of halogens is 3. The van der Waals surface area contributed by atoms with E-state index in [1.807, 2.05) is 6.92 Å². The summed E-state index contributed by atoms with van der Waals surface area (Å²) in [6.45, 7) is 1.70. The molecule has 0 bridgehead atoms. The molecule has 0 amide bonds. The van der Waals surface area contributed by atoms with Crippen molar-refractivity contribution in [1.29, 1.82) is 0 Å². The molecule has 0 spiro atoms. The number of pyridine rings is 1. The van der Waals surface area contributed by atoms with Gasteiger partial charge in [0.15, 0.2) is 0 Å². The number of likely N-dealkylation sites (tertiary alicyclic amines) is 1. The number of hydrogen-bond acceptors (Lipinski definition) is 6. The molecule has 7 nitrogen and oxygen atoms in total. The van der Waals surface area contributed by atoms with Crippen LogP contribution in [0.15, 0.2) is 30.6 Å². The second-order valence-corrected chi connectivity index (χ2v) is 9.44. The topological polar surface area (TPSA) is 64.1 Å². The van der Waals surface area contributed by atoms with Crippen molar-refractivity contribution in [3.63, 3.8) is 0 Å². The third kappa shape index (κ3) is 3.46. The summed E-state index contributed by atoms with van der Waals surface area (Å²) < 4.78 is 47.6. The molecule has 1 atom stereocenters. The molecule has 0 aliphatic carbocycles. The highest BCUT2D eigenvalue weighted by atomic mass is 32.1. The number of aryl methyl sites for hydroxylation is 1. The fourth-order valence-electron chi connectivity index (χ4n) is 4.58. The van der Waals surface area contributed by atoms with Crippen LogP contribution in [0.2, 0.25) is 0 Å². The Morgan fingerprint density at radius 2 is 2.03 bits per heavy atom. The molecule has 1 saturated heterocycles. The van der Waals surface area contributed by atoms with Crippen LogP contribution in [0.4, 0.5) is 13.2 Å². The second-order valence-electron chi connectivity index (χ2n) is 8.28. The van der Waals surface area contributed by atoms with E-state index in [9.17, 15) is 4.39 Å².